The van der Waals surface area contributed by atoms with Crippen LogP contribution in [-0.4, -0.2) is 12.3 Å². The fourth-order valence-electron chi connectivity index (χ4n) is 4.21. The van der Waals surface area contributed by atoms with E-state index < -0.39 is 0 Å². The van der Waals surface area contributed by atoms with Crippen molar-refractivity contribution in [2.75, 3.05) is 0 Å². The molecule has 2 heteroatoms. The Balaban J connectivity index is 1.90. The molecule has 152 valence electrons. The van der Waals surface area contributed by atoms with Crippen LogP contribution < -0.4 is 5.32 Å². The molecule has 0 saturated carbocycles. The summed E-state index contributed by atoms with van der Waals surface area (Å²) < 4.78 is 0. The molecule has 1 unspecified atom stereocenters. The Hall–Kier alpha value is -2.61. The predicted octanol–water partition coefficient (Wildman–Crippen LogP) is 7.13. The largest absolute Gasteiger partial charge is 0.373 e. The summed E-state index contributed by atoms with van der Waals surface area (Å²) >= 11 is 0. The first-order chi connectivity index (χ1) is 13.8. The maximum Gasteiger partial charge on any atom is 0.0803 e. The Bertz CT molecular complexity index is 925. The van der Waals surface area contributed by atoms with Crippen molar-refractivity contribution in [1.82, 2.24) is 5.32 Å². The molecule has 3 rings (SSSR count). The number of allylic oxidation sites excluding steroid dienone is 2. The second-order valence-corrected chi connectivity index (χ2v) is 8.78. The number of benzene rings is 2. The van der Waals surface area contributed by atoms with Crippen LogP contribution in [0.5, 0.6) is 0 Å². The quantitative estimate of drug-likeness (QED) is 0.543. The molecule has 2 aromatic carbocycles. The number of nitrogens with one attached hydrogen (secondary N) is 1. The Labute approximate surface area is 176 Å². The average Bonchev–Trinajstić information content (AvgIpc) is 2.65. The predicted molar refractivity (Wildman–Crippen MR) is 127 cm³/mol. The van der Waals surface area contributed by atoms with Crippen LogP contribution in [0.4, 0.5) is 5.69 Å². The zero-order valence-corrected chi connectivity index (χ0v) is 18.9. The monoisotopic (exact) mass is 386 g/mol. The lowest BCUT2D eigenvalue weighted by atomic mass is 9.93. The Morgan fingerprint density at radius 3 is 2.07 bits per heavy atom. The van der Waals surface area contributed by atoms with Crippen molar-refractivity contribution in [1.29, 1.82) is 0 Å². The Kier molecular flexibility index (Phi) is 6.42. The standard InChI is InChI=1S/C27H34N2/c1-17(2)23-11-9-12-24(18(3)4)27(23)28-16-22-10-8-13-25(29-22)26-20(6)14-19(5)15-21(26)7/h8-18,22,29H,1-7H3. The van der Waals surface area contributed by atoms with Crippen LogP contribution in [0.3, 0.4) is 0 Å². The zero-order chi connectivity index (χ0) is 21.1. The molecule has 0 radical (unpaired) electrons. The van der Waals surface area contributed by atoms with Gasteiger partial charge in [-0.15, -0.1) is 0 Å². The Morgan fingerprint density at radius 1 is 0.931 bits per heavy atom. The smallest absolute Gasteiger partial charge is 0.0803 e. The van der Waals surface area contributed by atoms with Gasteiger partial charge in [0.15, 0.2) is 0 Å². The van der Waals surface area contributed by atoms with Crippen LogP contribution in [0.15, 0.2) is 53.6 Å². The summed E-state index contributed by atoms with van der Waals surface area (Å²) in [5.41, 5.74) is 10.1. The molecule has 0 spiro atoms. The maximum atomic E-state index is 4.99. The van der Waals surface area contributed by atoms with Crippen molar-refractivity contribution in [3.05, 3.63) is 81.9 Å². The number of aliphatic imine (C=N–C) groups is 1. The molecule has 0 bridgehead atoms. The third kappa shape index (κ3) is 4.70. The first-order valence-corrected chi connectivity index (χ1v) is 10.7. The number of aryl methyl sites for hydroxylation is 3. The fourth-order valence-corrected chi connectivity index (χ4v) is 4.21. The lowest BCUT2D eigenvalue weighted by molar-refractivity contribution is 0.833. The topological polar surface area (TPSA) is 24.4 Å². The SMILES string of the molecule is Cc1cc(C)c(C2=CC=CC(C=Nc3c(C(C)C)cccc3C(C)C)N2)c(C)c1. The molecule has 2 aromatic rings. The van der Waals surface area contributed by atoms with E-state index in [0.717, 1.165) is 5.69 Å². The van der Waals surface area contributed by atoms with Gasteiger partial charge in [0, 0.05) is 17.5 Å². The van der Waals surface area contributed by atoms with Crippen molar-refractivity contribution in [3.63, 3.8) is 0 Å². The van der Waals surface area contributed by atoms with Gasteiger partial charge in [0.05, 0.1) is 11.7 Å². The third-order valence-electron chi connectivity index (χ3n) is 5.56. The van der Waals surface area contributed by atoms with Crippen molar-refractivity contribution in [2.45, 2.75) is 66.3 Å². The highest BCUT2D eigenvalue weighted by Crippen LogP contribution is 2.34. The van der Waals surface area contributed by atoms with E-state index in [0.29, 0.717) is 11.8 Å². The summed E-state index contributed by atoms with van der Waals surface area (Å²) in [4.78, 5) is 4.99. The maximum absolute atomic E-state index is 4.99. The van der Waals surface area contributed by atoms with Crippen LogP contribution in [0, 0.1) is 20.8 Å². The molecule has 2 nitrogen and oxygen atoms in total. The minimum atomic E-state index is 0.0790. The van der Waals surface area contributed by atoms with Crippen LogP contribution in [-0.2, 0) is 0 Å². The van der Waals surface area contributed by atoms with E-state index in [1.165, 1.54) is 39.1 Å². The van der Waals surface area contributed by atoms with Crippen molar-refractivity contribution < 1.29 is 0 Å². The fraction of sp³-hybridized carbons (Fsp3) is 0.370. The number of para-hydroxylation sites is 1. The lowest BCUT2D eigenvalue weighted by Crippen LogP contribution is -2.29. The number of hydrogen-bond acceptors (Lipinski definition) is 2. The van der Waals surface area contributed by atoms with Gasteiger partial charge in [-0.05, 0) is 60.9 Å². The molecule has 0 aromatic heterocycles. The normalized spacial score (nSPS) is 16.6. The summed E-state index contributed by atoms with van der Waals surface area (Å²) in [5.74, 6) is 0.896. The zero-order valence-electron chi connectivity index (χ0n) is 18.9. The van der Waals surface area contributed by atoms with Crippen LogP contribution in [0.1, 0.15) is 72.9 Å². The van der Waals surface area contributed by atoms with E-state index in [9.17, 15) is 0 Å². The van der Waals surface area contributed by atoms with Gasteiger partial charge in [0.2, 0.25) is 0 Å². The highest BCUT2D eigenvalue weighted by molar-refractivity contribution is 5.80. The molecule has 29 heavy (non-hydrogen) atoms. The summed E-state index contributed by atoms with van der Waals surface area (Å²) in [7, 11) is 0. The molecule has 0 saturated heterocycles. The first-order valence-electron chi connectivity index (χ1n) is 10.7. The van der Waals surface area contributed by atoms with Crippen LogP contribution in [0.2, 0.25) is 0 Å². The molecule has 0 aliphatic carbocycles. The summed E-state index contributed by atoms with van der Waals surface area (Å²) in [5, 5.41) is 3.66. The summed E-state index contributed by atoms with van der Waals surface area (Å²) in [6, 6.07) is 11.2. The van der Waals surface area contributed by atoms with Gasteiger partial charge in [-0.25, -0.2) is 0 Å². The minimum Gasteiger partial charge on any atom is -0.373 e. The van der Waals surface area contributed by atoms with Gasteiger partial charge in [-0.3, -0.25) is 4.99 Å². The van der Waals surface area contributed by atoms with Gasteiger partial charge >= 0.3 is 0 Å². The van der Waals surface area contributed by atoms with E-state index in [4.69, 9.17) is 4.99 Å². The summed E-state index contributed by atoms with van der Waals surface area (Å²) in [6.45, 7) is 15.5. The molecular formula is C27H34N2. The highest BCUT2D eigenvalue weighted by Gasteiger charge is 2.16. The number of hydrogen-bond donors (Lipinski definition) is 1. The van der Waals surface area contributed by atoms with E-state index >= 15 is 0 Å². The van der Waals surface area contributed by atoms with Gasteiger partial charge in [0.25, 0.3) is 0 Å². The van der Waals surface area contributed by atoms with Crippen molar-refractivity contribution >= 4 is 17.6 Å². The second kappa shape index (κ2) is 8.82. The van der Waals surface area contributed by atoms with Gasteiger partial charge in [-0.1, -0.05) is 75.7 Å². The molecule has 0 fully saturated rings. The van der Waals surface area contributed by atoms with Crippen molar-refractivity contribution in [2.24, 2.45) is 4.99 Å². The average molecular weight is 387 g/mol. The second-order valence-electron chi connectivity index (χ2n) is 8.78. The molecule has 1 atom stereocenters. The molecule has 0 amide bonds. The van der Waals surface area contributed by atoms with Crippen LogP contribution in [0.25, 0.3) is 5.70 Å². The number of dihydropyridines is 1. The first kappa shape index (κ1) is 21.1. The van der Waals surface area contributed by atoms with E-state index in [1.807, 2.05) is 0 Å². The van der Waals surface area contributed by atoms with Crippen molar-refractivity contribution in [3.8, 4) is 0 Å². The Morgan fingerprint density at radius 2 is 1.52 bits per heavy atom. The number of rotatable bonds is 5. The van der Waals surface area contributed by atoms with Gasteiger partial charge < -0.3 is 5.32 Å². The molecule has 1 aliphatic heterocycles. The molecular weight excluding hydrogens is 352 g/mol. The van der Waals surface area contributed by atoms with Gasteiger partial charge in [-0.2, -0.15) is 0 Å². The van der Waals surface area contributed by atoms with E-state index in [-0.39, 0.29) is 6.04 Å². The minimum absolute atomic E-state index is 0.0790. The van der Waals surface area contributed by atoms with Crippen LogP contribution >= 0.6 is 0 Å². The van der Waals surface area contributed by atoms with Gasteiger partial charge in [0.1, 0.15) is 0 Å². The molecule has 1 aliphatic rings. The van der Waals surface area contributed by atoms with E-state index in [2.05, 4.69) is 109 Å². The molecule has 1 N–H and O–H groups in total. The number of nitrogens with zero attached hydrogens (tertiary/aromatic N) is 1. The molecule has 1 heterocycles. The highest BCUT2D eigenvalue weighted by atomic mass is 14.9. The van der Waals surface area contributed by atoms with E-state index in [1.54, 1.807) is 0 Å². The summed E-state index contributed by atoms with van der Waals surface area (Å²) in [6.07, 6.45) is 8.52. The lowest BCUT2D eigenvalue weighted by Gasteiger charge is -2.23. The third-order valence-corrected chi connectivity index (χ3v) is 5.56.